The van der Waals surface area contributed by atoms with Crippen LogP contribution in [0.4, 0.5) is 5.69 Å². The predicted molar refractivity (Wildman–Crippen MR) is 104 cm³/mol. The highest BCUT2D eigenvalue weighted by atomic mass is 32.2. The summed E-state index contributed by atoms with van der Waals surface area (Å²) >= 11 is 1.56. The number of para-hydroxylation sites is 1. The zero-order chi connectivity index (χ0) is 17.9. The van der Waals surface area contributed by atoms with Crippen LogP contribution in [0.2, 0.25) is 0 Å². The van der Waals surface area contributed by atoms with E-state index in [1.807, 2.05) is 24.3 Å². The number of ether oxygens (including phenoxy) is 1. The molecule has 0 fully saturated rings. The van der Waals surface area contributed by atoms with Crippen molar-refractivity contribution in [2.75, 3.05) is 5.32 Å². The van der Waals surface area contributed by atoms with E-state index in [1.165, 1.54) is 11.1 Å². The Balaban J connectivity index is 1.61. The number of aryl methyl sites for hydroxylation is 1. The second kappa shape index (κ2) is 7.33. The van der Waals surface area contributed by atoms with Gasteiger partial charge in [-0.25, -0.2) is 0 Å². The Labute approximate surface area is 157 Å². The van der Waals surface area contributed by atoms with Crippen LogP contribution in [0.25, 0.3) is 11.3 Å². The lowest BCUT2D eigenvalue weighted by Crippen LogP contribution is -2.24. The van der Waals surface area contributed by atoms with Gasteiger partial charge in [-0.05, 0) is 18.6 Å². The molecule has 0 saturated carbocycles. The minimum absolute atomic E-state index is 0.135. The summed E-state index contributed by atoms with van der Waals surface area (Å²) in [4.78, 5) is 4.63. The molecule has 1 atom stereocenters. The van der Waals surface area contributed by atoms with E-state index in [-0.39, 0.29) is 6.23 Å². The number of anilines is 1. The zero-order valence-corrected chi connectivity index (χ0v) is 15.6. The van der Waals surface area contributed by atoms with Crippen LogP contribution in [0.5, 0.6) is 5.88 Å². The van der Waals surface area contributed by atoms with Crippen LogP contribution in [0.15, 0.2) is 53.7 Å². The van der Waals surface area contributed by atoms with E-state index < -0.39 is 0 Å². The first-order valence-corrected chi connectivity index (χ1v) is 9.67. The summed E-state index contributed by atoms with van der Waals surface area (Å²) in [6.45, 7) is 4.16. The van der Waals surface area contributed by atoms with Gasteiger partial charge in [0.15, 0.2) is 11.9 Å². The smallest absolute Gasteiger partial charge is 0.247 e. The average Bonchev–Trinajstić information content (AvgIpc) is 2.83. The van der Waals surface area contributed by atoms with Crippen LogP contribution in [0.3, 0.4) is 0 Å². The molecule has 132 valence electrons. The molecule has 2 aromatic carbocycles. The fourth-order valence-electron chi connectivity index (χ4n) is 2.78. The van der Waals surface area contributed by atoms with Crippen molar-refractivity contribution >= 4 is 17.4 Å². The third-order valence-corrected chi connectivity index (χ3v) is 5.16. The molecular formula is C20H20N4OS. The van der Waals surface area contributed by atoms with Crippen molar-refractivity contribution in [3.05, 3.63) is 59.7 Å². The van der Waals surface area contributed by atoms with E-state index in [1.54, 1.807) is 11.8 Å². The molecule has 2 heterocycles. The van der Waals surface area contributed by atoms with E-state index in [9.17, 15) is 0 Å². The van der Waals surface area contributed by atoms with Crippen LogP contribution in [0, 0.1) is 6.92 Å². The quantitative estimate of drug-likeness (QED) is 0.678. The molecule has 0 saturated heterocycles. The lowest BCUT2D eigenvalue weighted by atomic mass is 10.1. The van der Waals surface area contributed by atoms with Crippen LogP contribution in [-0.2, 0) is 5.75 Å². The Morgan fingerprint density at radius 2 is 1.88 bits per heavy atom. The SMILES string of the molecule is CC[C@@H]1Nc2ccccc2-c2nnc(SCc3ccc(C)cc3)nc2O1. The third-order valence-electron chi connectivity index (χ3n) is 4.25. The molecule has 0 spiro atoms. The molecule has 1 aliphatic rings. The predicted octanol–water partition coefficient (Wildman–Crippen LogP) is 4.68. The second-order valence-electron chi connectivity index (χ2n) is 6.23. The molecule has 1 N–H and O–H groups in total. The van der Waals surface area contributed by atoms with Gasteiger partial charge in [0, 0.05) is 23.4 Å². The second-order valence-corrected chi connectivity index (χ2v) is 7.17. The monoisotopic (exact) mass is 364 g/mol. The molecule has 0 radical (unpaired) electrons. The van der Waals surface area contributed by atoms with Gasteiger partial charge in [0.1, 0.15) is 0 Å². The maximum atomic E-state index is 6.06. The molecule has 6 heteroatoms. The number of hydrogen-bond donors (Lipinski definition) is 1. The Hall–Kier alpha value is -2.60. The molecule has 26 heavy (non-hydrogen) atoms. The standard InChI is InChI=1S/C20H20N4OS/c1-3-17-21-16-7-5-4-6-15(16)18-19(25-17)22-20(24-23-18)26-12-14-10-8-13(2)9-11-14/h4-11,17,21H,3,12H2,1-2H3/t17-/m1/s1. The van der Waals surface area contributed by atoms with Gasteiger partial charge in [-0.15, -0.1) is 10.2 Å². The maximum Gasteiger partial charge on any atom is 0.247 e. The molecule has 0 amide bonds. The van der Waals surface area contributed by atoms with Crippen molar-refractivity contribution in [1.29, 1.82) is 0 Å². The summed E-state index contributed by atoms with van der Waals surface area (Å²) in [6, 6.07) is 16.5. The average molecular weight is 364 g/mol. The first kappa shape index (κ1) is 16.8. The van der Waals surface area contributed by atoms with Crippen molar-refractivity contribution in [3.63, 3.8) is 0 Å². The van der Waals surface area contributed by atoms with E-state index in [4.69, 9.17) is 4.74 Å². The van der Waals surface area contributed by atoms with Crippen molar-refractivity contribution in [2.24, 2.45) is 0 Å². The molecule has 0 unspecified atom stereocenters. The summed E-state index contributed by atoms with van der Waals surface area (Å²) in [6.07, 6.45) is 0.688. The Bertz CT molecular complexity index is 914. The first-order chi connectivity index (χ1) is 12.7. The Morgan fingerprint density at radius 3 is 2.69 bits per heavy atom. The van der Waals surface area contributed by atoms with Gasteiger partial charge in [-0.3, -0.25) is 0 Å². The molecule has 1 aromatic heterocycles. The highest BCUT2D eigenvalue weighted by Crippen LogP contribution is 2.36. The Morgan fingerprint density at radius 1 is 1.08 bits per heavy atom. The lowest BCUT2D eigenvalue weighted by molar-refractivity contribution is 0.216. The van der Waals surface area contributed by atoms with Gasteiger partial charge in [0.05, 0.1) is 0 Å². The zero-order valence-electron chi connectivity index (χ0n) is 14.8. The third kappa shape index (κ3) is 3.51. The van der Waals surface area contributed by atoms with Crippen molar-refractivity contribution in [3.8, 4) is 17.1 Å². The summed E-state index contributed by atoms with van der Waals surface area (Å²) in [7, 11) is 0. The van der Waals surface area contributed by atoms with Crippen LogP contribution in [0.1, 0.15) is 24.5 Å². The molecular weight excluding hydrogens is 344 g/mol. The van der Waals surface area contributed by atoms with Crippen molar-refractivity contribution < 1.29 is 4.74 Å². The van der Waals surface area contributed by atoms with Gasteiger partial charge in [0.2, 0.25) is 11.0 Å². The van der Waals surface area contributed by atoms with Gasteiger partial charge < -0.3 is 10.1 Å². The van der Waals surface area contributed by atoms with E-state index in [0.717, 1.165) is 23.4 Å². The van der Waals surface area contributed by atoms with Gasteiger partial charge in [-0.1, -0.05) is 66.7 Å². The highest BCUT2D eigenvalue weighted by molar-refractivity contribution is 7.98. The van der Waals surface area contributed by atoms with Crippen molar-refractivity contribution in [1.82, 2.24) is 15.2 Å². The number of aromatic nitrogens is 3. The number of thioether (sulfide) groups is 1. The summed E-state index contributed by atoms with van der Waals surface area (Å²) in [5.74, 6) is 1.34. The number of nitrogens with one attached hydrogen (secondary N) is 1. The van der Waals surface area contributed by atoms with Crippen LogP contribution >= 0.6 is 11.8 Å². The molecule has 0 aliphatic carbocycles. The summed E-state index contributed by atoms with van der Waals surface area (Å²) in [5.41, 5.74) is 5.14. The van der Waals surface area contributed by atoms with Gasteiger partial charge >= 0.3 is 0 Å². The van der Waals surface area contributed by atoms with Crippen molar-refractivity contribution in [2.45, 2.75) is 37.4 Å². The van der Waals surface area contributed by atoms with Gasteiger partial charge in [0.25, 0.3) is 0 Å². The number of fused-ring (bicyclic) bond motifs is 3. The molecule has 1 aliphatic heterocycles. The fourth-order valence-corrected chi connectivity index (χ4v) is 3.52. The largest absolute Gasteiger partial charge is 0.452 e. The van der Waals surface area contributed by atoms with E-state index in [2.05, 4.69) is 58.6 Å². The van der Waals surface area contributed by atoms with E-state index >= 15 is 0 Å². The topological polar surface area (TPSA) is 59.9 Å². The number of rotatable bonds is 4. The number of hydrogen-bond acceptors (Lipinski definition) is 6. The molecule has 0 bridgehead atoms. The lowest BCUT2D eigenvalue weighted by Gasteiger charge is -2.16. The van der Waals surface area contributed by atoms with Gasteiger partial charge in [-0.2, -0.15) is 4.98 Å². The fraction of sp³-hybridized carbons (Fsp3) is 0.250. The summed E-state index contributed by atoms with van der Waals surface area (Å²) < 4.78 is 6.06. The van der Waals surface area contributed by atoms with E-state index in [0.29, 0.717) is 16.7 Å². The minimum Gasteiger partial charge on any atom is -0.452 e. The Kier molecular flexibility index (Phi) is 4.75. The highest BCUT2D eigenvalue weighted by Gasteiger charge is 2.23. The minimum atomic E-state index is -0.135. The summed E-state index contributed by atoms with van der Waals surface area (Å²) in [5, 5.41) is 12.8. The maximum absolute atomic E-state index is 6.06. The van der Waals surface area contributed by atoms with Crippen LogP contribution in [-0.4, -0.2) is 21.4 Å². The first-order valence-electron chi connectivity index (χ1n) is 8.68. The molecule has 3 aromatic rings. The number of benzene rings is 2. The van der Waals surface area contributed by atoms with Crippen LogP contribution < -0.4 is 10.1 Å². The number of nitrogens with zero attached hydrogens (tertiary/aromatic N) is 3. The normalized spacial score (nSPS) is 15.2. The molecule has 4 rings (SSSR count). The molecule has 5 nitrogen and oxygen atoms in total.